The van der Waals surface area contributed by atoms with Gasteiger partial charge in [0.25, 0.3) is 5.56 Å². The highest BCUT2D eigenvalue weighted by Crippen LogP contribution is 2.24. The number of halogens is 5. The van der Waals surface area contributed by atoms with Crippen LogP contribution in [0, 0.1) is 5.82 Å². The highest BCUT2D eigenvalue weighted by Gasteiger charge is 2.42. The second kappa shape index (κ2) is 8.71. The van der Waals surface area contributed by atoms with Crippen molar-refractivity contribution < 1.29 is 27.1 Å². The molecule has 13 heteroatoms. The van der Waals surface area contributed by atoms with Crippen LogP contribution in [0.25, 0.3) is 16.8 Å². The van der Waals surface area contributed by atoms with Crippen LogP contribution in [0.1, 0.15) is 5.56 Å². The number of hydrogen-bond acceptors (Lipinski definition) is 6. The Morgan fingerprint density at radius 1 is 1.15 bits per heavy atom. The first-order valence-electron chi connectivity index (χ1n) is 9.34. The van der Waals surface area contributed by atoms with E-state index in [1.165, 1.54) is 42.9 Å². The highest BCUT2D eigenvalue weighted by molar-refractivity contribution is 6.30. The molecule has 0 amide bonds. The van der Waals surface area contributed by atoms with Crippen LogP contribution in [0.3, 0.4) is 0 Å². The van der Waals surface area contributed by atoms with Crippen molar-refractivity contribution in [2.24, 2.45) is 0 Å². The van der Waals surface area contributed by atoms with Gasteiger partial charge >= 0.3 is 12.1 Å². The van der Waals surface area contributed by atoms with E-state index in [-0.39, 0.29) is 28.4 Å². The Bertz CT molecular complexity index is 1530. The largest absolute Gasteiger partial charge is 0.491 e. The standard InChI is InChI=1S/C21H11ClF4N4O4/c22-13-3-1-2-11(15(13)23)8-30-7-6-29-9-12(14-4-5-27-10-28-14)17(31)18(16(29)19(30)32)34-20(33)21(24,25)26/h1-7,9-10H,8H2. The quantitative estimate of drug-likeness (QED) is 0.319. The molecule has 3 heterocycles. The van der Waals surface area contributed by atoms with Crippen molar-refractivity contribution in [2.45, 2.75) is 12.7 Å². The summed E-state index contributed by atoms with van der Waals surface area (Å²) in [7, 11) is 0. The van der Waals surface area contributed by atoms with Crippen LogP contribution in [-0.4, -0.2) is 31.1 Å². The van der Waals surface area contributed by atoms with Gasteiger partial charge in [0.15, 0.2) is 5.52 Å². The number of ether oxygens (including phenoxy) is 1. The molecule has 0 saturated heterocycles. The summed E-state index contributed by atoms with van der Waals surface area (Å²) >= 11 is 5.75. The number of benzene rings is 1. The fourth-order valence-corrected chi connectivity index (χ4v) is 3.34. The SMILES string of the molecule is O=C(Oc1c(=O)c(-c2ccncn2)cn2ccn(Cc3cccc(Cl)c3F)c(=O)c12)C(F)(F)F. The maximum Gasteiger partial charge on any atom is 0.491 e. The van der Waals surface area contributed by atoms with E-state index in [0.29, 0.717) is 0 Å². The molecule has 34 heavy (non-hydrogen) atoms. The van der Waals surface area contributed by atoms with E-state index in [4.69, 9.17) is 11.6 Å². The lowest BCUT2D eigenvalue weighted by Crippen LogP contribution is -2.32. The Labute approximate surface area is 191 Å². The Hall–Kier alpha value is -4.06. The zero-order valence-electron chi connectivity index (χ0n) is 16.7. The third-order valence-corrected chi connectivity index (χ3v) is 5.01. The fraction of sp³-hybridized carbons (Fsp3) is 0.0952. The second-order valence-electron chi connectivity index (χ2n) is 6.88. The third-order valence-electron chi connectivity index (χ3n) is 4.72. The van der Waals surface area contributed by atoms with Gasteiger partial charge in [-0.15, -0.1) is 0 Å². The molecule has 8 nitrogen and oxygen atoms in total. The van der Waals surface area contributed by atoms with Gasteiger partial charge in [0.2, 0.25) is 11.2 Å². The van der Waals surface area contributed by atoms with Gasteiger partial charge in [-0.1, -0.05) is 23.7 Å². The fourth-order valence-electron chi connectivity index (χ4n) is 3.15. The molecule has 0 bridgehead atoms. The summed E-state index contributed by atoms with van der Waals surface area (Å²) in [6.07, 6.45) is 0.550. The normalized spacial score (nSPS) is 11.6. The van der Waals surface area contributed by atoms with Gasteiger partial charge in [-0.2, -0.15) is 13.2 Å². The van der Waals surface area contributed by atoms with E-state index in [0.717, 1.165) is 21.5 Å². The molecule has 1 aromatic carbocycles. The molecule has 0 saturated carbocycles. The lowest BCUT2D eigenvalue weighted by Gasteiger charge is -2.14. The second-order valence-corrected chi connectivity index (χ2v) is 7.29. The molecule has 0 radical (unpaired) electrons. The summed E-state index contributed by atoms with van der Waals surface area (Å²) in [5.41, 5.74) is -3.08. The lowest BCUT2D eigenvalue weighted by atomic mass is 10.1. The number of alkyl halides is 3. The van der Waals surface area contributed by atoms with Crippen molar-refractivity contribution in [3.8, 4) is 17.0 Å². The summed E-state index contributed by atoms with van der Waals surface area (Å²) < 4.78 is 59.3. The van der Waals surface area contributed by atoms with Crippen LogP contribution in [0.5, 0.6) is 5.75 Å². The van der Waals surface area contributed by atoms with Gasteiger partial charge in [-0.3, -0.25) is 9.59 Å². The van der Waals surface area contributed by atoms with Crippen LogP contribution < -0.4 is 15.7 Å². The lowest BCUT2D eigenvalue weighted by molar-refractivity contribution is -0.189. The van der Waals surface area contributed by atoms with E-state index in [9.17, 15) is 31.9 Å². The predicted molar refractivity (Wildman–Crippen MR) is 111 cm³/mol. The number of hydrogen-bond donors (Lipinski definition) is 0. The summed E-state index contributed by atoms with van der Waals surface area (Å²) in [6, 6.07) is 5.41. The molecule has 0 atom stereocenters. The Morgan fingerprint density at radius 3 is 2.59 bits per heavy atom. The molecule has 0 fully saturated rings. The zero-order valence-corrected chi connectivity index (χ0v) is 17.5. The smallest absolute Gasteiger partial charge is 0.413 e. The van der Waals surface area contributed by atoms with Crippen molar-refractivity contribution >= 4 is 23.1 Å². The van der Waals surface area contributed by atoms with Gasteiger partial charge in [-0.25, -0.2) is 19.2 Å². The molecular formula is C21H11ClF4N4O4. The minimum Gasteiger partial charge on any atom is -0.413 e. The number of aromatic nitrogens is 4. The molecular weight excluding hydrogens is 484 g/mol. The van der Waals surface area contributed by atoms with Crippen molar-refractivity contribution in [3.05, 3.63) is 92.4 Å². The first-order valence-corrected chi connectivity index (χ1v) is 9.72. The monoisotopic (exact) mass is 494 g/mol. The minimum absolute atomic E-state index is 0.00717. The molecule has 4 rings (SSSR count). The first-order chi connectivity index (χ1) is 16.1. The zero-order chi connectivity index (χ0) is 24.6. The molecule has 0 aliphatic rings. The van der Waals surface area contributed by atoms with Crippen LogP contribution >= 0.6 is 11.6 Å². The number of carbonyl (C=O) groups excluding carboxylic acids is 1. The number of carbonyl (C=O) groups is 1. The van der Waals surface area contributed by atoms with Gasteiger partial charge in [0, 0.05) is 30.4 Å². The van der Waals surface area contributed by atoms with Gasteiger partial charge in [0.1, 0.15) is 12.1 Å². The topological polar surface area (TPSA) is 95.6 Å². The summed E-state index contributed by atoms with van der Waals surface area (Å²) in [6.45, 7) is -0.365. The molecule has 0 aliphatic heterocycles. The third kappa shape index (κ3) is 4.27. The average molecular weight is 495 g/mol. The number of rotatable bonds is 4. The van der Waals surface area contributed by atoms with E-state index >= 15 is 0 Å². The maximum atomic E-state index is 14.3. The Balaban J connectivity index is 1.96. The highest BCUT2D eigenvalue weighted by atomic mass is 35.5. The minimum atomic E-state index is -5.44. The number of fused-ring (bicyclic) bond motifs is 1. The Morgan fingerprint density at radius 2 is 1.91 bits per heavy atom. The van der Waals surface area contributed by atoms with Gasteiger partial charge in [-0.05, 0) is 12.1 Å². The molecule has 0 N–H and O–H groups in total. The predicted octanol–water partition coefficient (Wildman–Crippen LogP) is 3.23. The number of pyridine rings is 1. The number of nitrogens with zero attached hydrogens (tertiary/aromatic N) is 4. The van der Waals surface area contributed by atoms with Crippen molar-refractivity contribution in [3.63, 3.8) is 0 Å². The van der Waals surface area contributed by atoms with E-state index in [1.807, 2.05) is 0 Å². The molecule has 0 spiro atoms. The molecule has 3 aromatic heterocycles. The van der Waals surface area contributed by atoms with E-state index in [1.54, 1.807) is 0 Å². The van der Waals surface area contributed by atoms with E-state index in [2.05, 4.69) is 14.7 Å². The van der Waals surface area contributed by atoms with Crippen molar-refractivity contribution in [2.75, 3.05) is 0 Å². The summed E-state index contributed by atoms with van der Waals surface area (Å²) in [5.74, 6) is -4.64. The molecule has 0 aliphatic carbocycles. The summed E-state index contributed by atoms with van der Waals surface area (Å²) in [4.78, 5) is 45.3. The van der Waals surface area contributed by atoms with Crippen molar-refractivity contribution in [1.29, 1.82) is 0 Å². The van der Waals surface area contributed by atoms with Crippen LogP contribution in [-0.2, 0) is 11.3 Å². The molecule has 174 valence electrons. The summed E-state index contributed by atoms with van der Waals surface area (Å²) in [5, 5.41) is -0.197. The average Bonchev–Trinajstić information content (AvgIpc) is 2.80. The Kier molecular flexibility index (Phi) is 5.92. The van der Waals surface area contributed by atoms with Crippen molar-refractivity contribution in [1.82, 2.24) is 18.9 Å². The first kappa shape index (κ1) is 23.1. The van der Waals surface area contributed by atoms with Crippen LogP contribution in [0.2, 0.25) is 5.02 Å². The van der Waals surface area contributed by atoms with Crippen LogP contribution in [0.15, 0.2) is 65.0 Å². The molecule has 0 unspecified atom stereocenters. The number of esters is 1. The van der Waals surface area contributed by atoms with Gasteiger partial charge in [0.05, 0.1) is 22.8 Å². The molecule has 4 aromatic rings. The van der Waals surface area contributed by atoms with Gasteiger partial charge < -0.3 is 13.7 Å². The van der Waals surface area contributed by atoms with E-state index < -0.39 is 40.2 Å². The maximum absolute atomic E-state index is 14.3. The van der Waals surface area contributed by atoms with Crippen LogP contribution in [0.4, 0.5) is 17.6 Å².